The van der Waals surface area contributed by atoms with Crippen molar-refractivity contribution < 1.29 is 4.39 Å². The molecule has 0 nitrogen and oxygen atoms in total. The SMILES string of the molecule is CCCCc1ccc(CCCCCc2ccccc2F)cc1. The van der Waals surface area contributed by atoms with E-state index in [-0.39, 0.29) is 5.82 Å². The molecule has 0 unspecified atom stereocenters. The average Bonchev–Trinajstić information content (AvgIpc) is 2.55. The van der Waals surface area contributed by atoms with Gasteiger partial charge in [-0.25, -0.2) is 4.39 Å². The van der Waals surface area contributed by atoms with E-state index in [0.717, 1.165) is 31.2 Å². The highest BCUT2D eigenvalue weighted by Crippen LogP contribution is 2.14. The summed E-state index contributed by atoms with van der Waals surface area (Å²) >= 11 is 0. The summed E-state index contributed by atoms with van der Waals surface area (Å²) in [5.74, 6) is -0.0647. The largest absolute Gasteiger partial charge is 0.207 e. The number of hydrogen-bond acceptors (Lipinski definition) is 0. The normalized spacial score (nSPS) is 10.8. The van der Waals surface area contributed by atoms with Crippen molar-refractivity contribution in [2.75, 3.05) is 0 Å². The molecule has 0 amide bonds. The van der Waals surface area contributed by atoms with Gasteiger partial charge in [-0.05, 0) is 61.3 Å². The molecule has 118 valence electrons. The van der Waals surface area contributed by atoms with Crippen molar-refractivity contribution in [3.05, 3.63) is 71.0 Å². The van der Waals surface area contributed by atoms with Gasteiger partial charge in [0.25, 0.3) is 0 Å². The molecule has 0 bridgehead atoms. The number of benzene rings is 2. The third-order valence-corrected chi connectivity index (χ3v) is 4.21. The van der Waals surface area contributed by atoms with Crippen LogP contribution in [0.25, 0.3) is 0 Å². The number of aryl methyl sites for hydroxylation is 3. The zero-order valence-electron chi connectivity index (χ0n) is 13.7. The van der Waals surface area contributed by atoms with Gasteiger partial charge in [0.05, 0.1) is 0 Å². The Morgan fingerprint density at radius 1 is 0.682 bits per heavy atom. The fourth-order valence-electron chi connectivity index (χ4n) is 2.78. The first-order chi connectivity index (χ1) is 10.8. The Kier molecular flexibility index (Phi) is 7.15. The van der Waals surface area contributed by atoms with E-state index in [0.29, 0.717) is 0 Å². The lowest BCUT2D eigenvalue weighted by Crippen LogP contribution is -1.92. The van der Waals surface area contributed by atoms with Crippen molar-refractivity contribution in [1.82, 2.24) is 0 Å². The first kappa shape index (κ1) is 16.7. The number of hydrogen-bond donors (Lipinski definition) is 0. The molecule has 0 atom stereocenters. The molecule has 0 saturated carbocycles. The fourth-order valence-corrected chi connectivity index (χ4v) is 2.78. The summed E-state index contributed by atoms with van der Waals surface area (Å²) in [6.45, 7) is 2.23. The van der Waals surface area contributed by atoms with Crippen LogP contribution in [0.15, 0.2) is 48.5 Å². The third-order valence-electron chi connectivity index (χ3n) is 4.21. The molecule has 0 N–H and O–H groups in total. The van der Waals surface area contributed by atoms with E-state index in [4.69, 9.17) is 0 Å². The van der Waals surface area contributed by atoms with Gasteiger partial charge in [0.1, 0.15) is 5.82 Å². The molecule has 2 aromatic carbocycles. The number of rotatable bonds is 9. The Hall–Kier alpha value is -1.63. The highest BCUT2D eigenvalue weighted by atomic mass is 19.1. The van der Waals surface area contributed by atoms with Crippen LogP contribution >= 0.6 is 0 Å². The highest BCUT2D eigenvalue weighted by molar-refractivity contribution is 5.22. The van der Waals surface area contributed by atoms with Gasteiger partial charge in [0.2, 0.25) is 0 Å². The fraction of sp³-hybridized carbons (Fsp3) is 0.429. The maximum Gasteiger partial charge on any atom is 0.126 e. The van der Waals surface area contributed by atoms with E-state index >= 15 is 0 Å². The van der Waals surface area contributed by atoms with E-state index in [1.807, 2.05) is 12.1 Å². The summed E-state index contributed by atoms with van der Waals surface area (Å²) in [5, 5.41) is 0. The van der Waals surface area contributed by atoms with Gasteiger partial charge in [0.15, 0.2) is 0 Å². The van der Waals surface area contributed by atoms with Crippen LogP contribution in [-0.4, -0.2) is 0 Å². The molecule has 0 saturated heterocycles. The van der Waals surface area contributed by atoms with Crippen molar-refractivity contribution in [3.8, 4) is 0 Å². The minimum atomic E-state index is -0.0647. The Bertz CT molecular complexity index is 542. The summed E-state index contributed by atoms with van der Waals surface area (Å²) in [7, 11) is 0. The molecule has 0 radical (unpaired) electrons. The Labute approximate surface area is 134 Å². The predicted molar refractivity (Wildman–Crippen MR) is 92.7 cm³/mol. The first-order valence-electron chi connectivity index (χ1n) is 8.61. The van der Waals surface area contributed by atoms with Crippen molar-refractivity contribution in [2.45, 2.75) is 58.3 Å². The van der Waals surface area contributed by atoms with Gasteiger partial charge < -0.3 is 0 Å². The van der Waals surface area contributed by atoms with Crippen molar-refractivity contribution in [1.29, 1.82) is 0 Å². The molecular weight excluding hydrogens is 271 g/mol. The molecule has 0 fully saturated rings. The Balaban J connectivity index is 1.65. The molecule has 2 aromatic rings. The lowest BCUT2D eigenvalue weighted by atomic mass is 10.0. The maximum absolute atomic E-state index is 13.5. The van der Waals surface area contributed by atoms with Gasteiger partial charge in [-0.2, -0.15) is 0 Å². The molecule has 0 aromatic heterocycles. The minimum absolute atomic E-state index is 0.0647. The lowest BCUT2D eigenvalue weighted by molar-refractivity contribution is 0.595. The number of unbranched alkanes of at least 4 members (excludes halogenated alkanes) is 3. The molecule has 0 aliphatic heterocycles. The Morgan fingerprint density at radius 3 is 1.91 bits per heavy atom. The molecule has 0 aliphatic carbocycles. The molecule has 2 rings (SSSR count). The van der Waals surface area contributed by atoms with E-state index in [2.05, 4.69) is 31.2 Å². The topological polar surface area (TPSA) is 0 Å². The highest BCUT2D eigenvalue weighted by Gasteiger charge is 2.00. The first-order valence-corrected chi connectivity index (χ1v) is 8.61. The van der Waals surface area contributed by atoms with Gasteiger partial charge >= 0.3 is 0 Å². The second-order valence-electron chi connectivity index (χ2n) is 6.07. The molecule has 22 heavy (non-hydrogen) atoms. The van der Waals surface area contributed by atoms with E-state index in [1.54, 1.807) is 12.1 Å². The average molecular weight is 298 g/mol. The van der Waals surface area contributed by atoms with Crippen LogP contribution < -0.4 is 0 Å². The molecular formula is C21H27F. The summed E-state index contributed by atoms with van der Waals surface area (Å²) in [6, 6.07) is 16.2. The van der Waals surface area contributed by atoms with Gasteiger partial charge in [0, 0.05) is 0 Å². The molecule has 0 heterocycles. The summed E-state index contributed by atoms with van der Waals surface area (Å²) in [5.41, 5.74) is 3.72. The van der Waals surface area contributed by atoms with Gasteiger partial charge in [-0.15, -0.1) is 0 Å². The van der Waals surface area contributed by atoms with E-state index in [9.17, 15) is 4.39 Å². The van der Waals surface area contributed by atoms with Gasteiger partial charge in [-0.3, -0.25) is 0 Å². The quantitative estimate of drug-likeness (QED) is 0.489. The summed E-state index contributed by atoms with van der Waals surface area (Å²) in [4.78, 5) is 0. The van der Waals surface area contributed by atoms with Crippen molar-refractivity contribution >= 4 is 0 Å². The monoisotopic (exact) mass is 298 g/mol. The maximum atomic E-state index is 13.5. The lowest BCUT2D eigenvalue weighted by Gasteiger charge is -2.05. The molecule has 0 spiro atoms. The zero-order chi connectivity index (χ0) is 15.6. The van der Waals surface area contributed by atoms with Crippen LogP contribution in [0.4, 0.5) is 4.39 Å². The second-order valence-corrected chi connectivity index (χ2v) is 6.07. The second kappa shape index (κ2) is 9.40. The van der Waals surface area contributed by atoms with Gasteiger partial charge in [-0.1, -0.05) is 62.2 Å². The van der Waals surface area contributed by atoms with Crippen LogP contribution in [0.1, 0.15) is 55.7 Å². The molecule has 0 aliphatic rings. The summed E-state index contributed by atoms with van der Waals surface area (Å²) < 4.78 is 13.5. The smallest absolute Gasteiger partial charge is 0.126 e. The van der Waals surface area contributed by atoms with Crippen LogP contribution in [0.2, 0.25) is 0 Å². The molecule has 1 heteroatoms. The standard InChI is InChI=1S/C21H27F/c1-2-3-9-18-14-16-19(17-15-18)10-5-4-6-11-20-12-7-8-13-21(20)22/h7-8,12-17H,2-6,9-11H2,1H3. The third kappa shape index (κ3) is 5.63. The summed E-state index contributed by atoms with van der Waals surface area (Å²) in [6.07, 6.45) is 9.11. The van der Waals surface area contributed by atoms with Crippen LogP contribution in [0.5, 0.6) is 0 Å². The predicted octanol–water partition coefficient (Wildman–Crippen LogP) is 6.12. The van der Waals surface area contributed by atoms with Crippen LogP contribution in [0, 0.1) is 5.82 Å². The number of halogens is 1. The zero-order valence-corrected chi connectivity index (χ0v) is 13.7. The van der Waals surface area contributed by atoms with Crippen molar-refractivity contribution in [3.63, 3.8) is 0 Å². The van der Waals surface area contributed by atoms with E-state index in [1.165, 1.54) is 36.8 Å². The van der Waals surface area contributed by atoms with Crippen LogP contribution in [-0.2, 0) is 19.3 Å². The minimum Gasteiger partial charge on any atom is -0.207 e. The van der Waals surface area contributed by atoms with Crippen LogP contribution in [0.3, 0.4) is 0 Å². The van der Waals surface area contributed by atoms with Crippen molar-refractivity contribution in [2.24, 2.45) is 0 Å². The van der Waals surface area contributed by atoms with E-state index < -0.39 is 0 Å². The Morgan fingerprint density at radius 2 is 1.27 bits per heavy atom.